The molecule has 1 amide bonds. The van der Waals surface area contributed by atoms with Gasteiger partial charge in [-0.05, 0) is 48.6 Å². The van der Waals surface area contributed by atoms with Crippen LogP contribution < -0.4 is 5.32 Å². The number of carbonyl (C=O) groups excluding carboxylic acids is 1. The maximum absolute atomic E-state index is 12.1. The molecule has 1 aromatic rings. The zero-order valence-electron chi connectivity index (χ0n) is 12.8. The number of amides is 1. The predicted molar refractivity (Wildman–Crippen MR) is 86.3 cm³/mol. The van der Waals surface area contributed by atoms with E-state index in [0.717, 1.165) is 12.8 Å². The lowest BCUT2D eigenvalue weighted by Crippen LogP contribution is -2.34. The van der Waals surface area contributed by atoms with Gasteiger partial charge in [-0.25, -0.2) is 8.42 Å². The van der Waals surface area contributed by atoms with Crippen LogP contribution in [-0.4, -0.2) is 32.4 Å². The van der Waals surface area contributed by atoms with Crippen molar-refractivity contribution in [2.24, 2.45) is 11.8 Å². The molecule has 0 spiro atoms. The first-order chi connectivity index (χ1) is 10.5. The lowest BCUT2D eigenvalue weighted by molar-refractivity contribution is -0.122. The Hall–Kier alpha value is -1.36. The Balaban J connectivity index is 1.41. The van der Waals surface area contributed by atoms with Gasteiger partial charge in [0.15, 0.2) is 0 Å². The molecule has 0 aromatic heterocycles. The van der Waals surface area contributed by atoms with Gasteiger partial charge in [-0.2, -0.15) is 0 Å². The van der Waals surface area contributed by atoms with Crippen molar-refractivity contribution in [3.05, 3.63) is 35.4 Å². The van der Waals surface area contributed by atoms with Crippen molar-refractivity contribution in [2.45, 2.75) is 32.1 Å². The van der Waals surface area contributed by atoms with Crippen LogP contribution in [0.4, 0.5) is 0 Å². The number of fused-ring (bicyclic) bond motifs is 1. The van der Waals surface area contributed by atoms with Gasteiger partial charge in [0.25, 0.3) is 0 Å². The highest BCUT2D eigenvalue weighted by atomic mass is 32.2. The summed E-state index contributed by atoms with van der Waals surface area (Å²) in [6, 6.07) is 8.40. The number of hydrogen-bond acceptors (Lipinski definition) is 3. The fourth-order valence-corrected chi connectivity index (χ4v) is 5.12. The molecule has 1 heterocycles. The van der Waals surface area contributed by atoms with Gasteiger partial charge in [-0.1, -0.05) is 24.3 Å². The molecule has 1 N–H and O–H groups in total. The van der Waals surface area contributed by atoms with E-state index in [0.29, 0.717) is 37.6 Å². The highest BCUT2D eigenvalue weighted by Crippen LogP contribution is 2.28. The summed E-state index contributed by atoms with van der Waals surface area (Å²) < 4.78 is 22.8. The third-order valence-electron chi connectivity index (χ3n) is 4.87. The SMILES string of the molecule is O=C(CC1Cc2ccccc2C1)NCC1CCS(=O)(=O)CC1. The molecule has 22 heavy (non-hydrogen) atoms. The van der Waals surface area contributed by atoms with Gasteiger partial charge in [0, 0.05) is 13.0 Å². The van der Waals surface area contributed by atoms with Gasteiger partial charge in [0.2, 0.25) is 5.91 Å². The maximum Gasteiger partial charge on any atom is 0.220 e. The van der Waals surface area contributed by atoms with Crippen LogP contribution in [0.25, 0.3) is 0 Å². The van der Waals surface area contributed by atoms with Crippen molar-refractivity contribution in [1.82, 2.24) is 5.32 Å². The summed E-state index contributed by atoms with van der Waals surface area (Å²) in [5.41, 5.74) is 2.75. The lowest BCUT2D eigenvalue weighted by Gasteiger charge is -2.22. The average Bonchev–Trinajstić information content (AvgIpc) is 2.88. The molecule has 0 bridgehead atoms. The van der Waals surface area contributed by atoms with E-state index >= 15 is 0 Å². The van der Waals surface area contributed by atoms with Gasteiger partial charge in [-0.3, -0.25) is 4.79 Å². The Morgan fingerprint density at radius 3 is 2.23 bits per heavy atom. The molecule has 5 heteroatoms. The molecule has 120 valence electrons. The van der Waals surface area contributed by atoms with E-state index < -0.39 is 9.84 Å². The second kappa shape index (κ2) is 6.41. The molecule has 1 fully saturated rings. The number of carbonyl (C=O) groups is 1. The Kier molecular flexibility index (Phi) is 4.52. The first-order valence-electron chi connectivity index (χ1n) is 8.06. The molecule has 0 saturated carbocycles. The maximum atomic E-state index is 12.1. The summed E-state index contributed by atoms with van der Waals surface area (Å²) in [5, 5.41) is 3.00. The third kappa shape index (κ3) is 3.88. The van der Waals surface area contributed by atoms with E-state index in [-0.39, 0.29) is 17.4 Å². The van der Waals surface area contributed by atoms with E-state index in [1.54, 1.807) is 0 Å². The summed E-state index contributed by atoms with van der Waals surface area (Å²) >= 11 is 0. The highest BCUT2D eigenvalue weighted by Gasteiger charge is 2.25. The smallest absolute Gasteiger partial charge is 0.220 e. The molecule has 0 radical (unpaired) electrons. The predicted octanol–water partition coefficient (Wildman–Crippen LogP) is 1.73. The van der Waals surface area contributed by atoms with Crippen LogP contribution in [0.5, 0.6) is 0 Å². The molecule has 4 nitrogen and oxygen atoms in total. The van der Waals surface area contributed by atoms with Crippen LogP contribution in [0.3, 0.4) is 0 Å². The summed E-state index contributed by atoms with van der Waals surface area (Å²) in [7, 11) is -2.82. The van der Waals surface area contributed by atoms with E-state index in [2.05, 4.69) is 29.6 Å². The standard InChI is InChI=1S/C17H23NO3S/c19-17(18-12-13-5-7-22(20,21)8-6-13)11-14-9-15-3-1-2-4-16(15)10-14/h1-4,13-14H,5-12H2,(H,18,19). The minimum Gasteiger partial charge on any atom is -0.356 e. The molecule has 0 unspecified atom stereocenters. The second-order valence-electron chi connectivity index (χ2n) is 6.65. The number of sulfone groups is 1. The van der Waals surface area contributed by atoms with Crippen molar-refractivity contribution in [2.75, 3.05) is 18.1 Å². The monoisotopic (exact) mass is 321 g/mol. The Bertz CT molecular complexity index is 615. The summed E-state index contributed by atoms with van der Waals surface area (Å²) in [4.78, 5) is 12.1. The minimum atomic E-state index is -2.82. The van der Waals surface area contributed by atoms with Crippen molar-refractivity contribution >= 4 is 15.7 Å². The van der Waals surface area contributed by atoms with Crippen LogP contribution in [0.15, 0.2) is 24.3 Å². The second-order valence-corrected chi connectivity index (χ2v) is 8.95. The average molecular weight is 321 g/mol. The van der Waals surface area contributed by atoms with Crippen LogP contribution >= 0.6 is 0 Å². The highest BCUT2D eigenvalue weighted by molar-refractivity contribution is 7.91. The fourth-order valence-electron chi connectivity index (χ4n) is 3.53. The van der Waals surface area contributed by atoms with Gasteiger partial charge in [-0.15, -0.1) is 0 Å². The van der Waals surface area contributed by atoms with Crippen LogP contribution in [-0.2, 0) is 27.5 Å². The molecule has 2 aliphatic rings. The van der Waals surface area contributed by atoms with Crippen molar-refractivity contribution < 1.29 is 13.2 Å². The number of nitrogens with one attached hydrogen (secondary N) is 1. The first kappa shape index (κ1) is 15.5. The lowest BCUT2D eigenvalue weighted by atomic mass is 10.0. The zero-order valence-corrected chi connectivity index (χ0v) is 13.6. The minimum absolute atomic E-state index is 0.103. The van der Waals surface area contributed by atoms with Gasteiger partial charge < -0.3 is 5.32 Å². The quantitative estimate of drug-likeness (QED) is 0.918. The van der Waals surface area contributed by atoms with Gasteiger partial charge >= 0.3 is 0 Å². The topological polar surface area (TPSA) is 63.2 Å². The molecule has 1 aromatic carbocycles. The number of rotatable bonds is 4. The molecular formula is C17H23NO3S. The summed E-state index contributed by atoms with van der Waals surface area (Å²) in [6.45, 7) is 0.619. The molecular weight excluding hydrogens is 298 g/mol. The Morgan fingerprint density at radius 2 is 1.64 bits per heavy atom. The van der Waals surface area contributed by atoms with Gasteiger partial charge in [0.1, 0.15) is 9.84 Å². The zero-order chi connectivity index (χ0) is 15.6. The Labute approximate surface area is 132 Å². The normalized spacial score (nSPS) is 21.5. The van der Waals surface area contributed by atoms with Gasteiger partial charge in [0.05, 0.1) is 11.5 Å². The molecule has 3 rings (SSSR count). The largest absolute Gasteiger partial charge is 0.356 e. The fraction of sp³-hybridized carbons (Fsp3) is 0.588. The van der Waals surface area contributed by atoms with E-state index in [4.69, 9.17) is 0 Å². The Morgan fingerprint density at radius 1 is 1.05 bits per heavy atom. The molecule has 0 atom stereocenters. The van der Waals surface area contributed by atoms with E-state index in [1.807, 2.05) is 0 Å². The van der Waals surface area contributed by atoms with Crippen LogP contribution in [0, 0.1) is 11.8 Å². The van der Waals surface area contributed by atoms with Crippen LogP contribution in [0.2, 0.25) is 0 Å². The summed E-state index contributed by atoms with van der Waals surface area (Å²) in [5.74, 6) is 1.36. The molecule has 1 aliphatic heterocycles. The van der Waals surface area contributed by atoms with Crippen LogP contribution in [0.1, 0.15) is 30.4 Å². The van der Waals surface area contributed by atoms with Crippen molar-refractivity contribution in [3.63, 3.8) is 0 Å². The van der Waals surface area contributed by atoms with E-state index in [9.17, 15) is 13.2 Å². The number of benzene rings is 1. The third-order valence-corrected chi connectivity index (χ3v) is 6.59. The first-order valence-corrected chi connectivity index (χ1v) is 9.88. The summed E-state index contributed by atoms with van der Waals surface area (Å²) in [6.07, 6.45) is 3.91. The number of hydrogen-bond donors (Lipinski definition) is 1. The molecule has 1 aliphatic carbocycles. The van der Waals surface area contributed by atoms with Crippen molar-refractivity contribution in [3.8, 4) is 0 Å². The van der Waals surface area contributed by atoms with E-state index in [1.165, 1.54) is 11.1 Å². The van der Waals surface area contributed by atoms with Crippen molar-refractivity contribution in [1.29, 1.82) is 0 Å². The molecule has 1 saturated heterocycles.